The average Bonchev–Trinajstić information content (AvgIpc) is 2.72. The van der Waals surface area contributed by atoms with E-state index in [9.17, 15) is 9.59 Å². The Hall–Kier alpha value is -2.44. The van der Waals surface area contributed by atoms with Crippen LogP contribution in [0.1, 0.15) is 6.92 Å². The second-order valence-corrected chi connectivity index (χ2v) is 3.65. The second kappa shape index (κ2) is 4.82. The molecule has 94 valence electrons. The lowest BCUT2D eigenvalue weighted by atomic mass is 10.3. The first kappa shape index (κ1) is 12.0. The predicted octanol–water partition coefficient (Wildman–Crippen LogP) is 0.0103. The predicted molar refractivity (Wildman–Crippen MR) is 63.0 cm³/mol. The molecule has 0 aliphatic heterocycles. The van der Waals surface area contributed by atoms with Crippen LogP contribution in [0.2, 0.25) is 0 Å². The van der Waals surface area contributed by atoms with E-state index in [4.69, 9.17) is 0 Å². The number of hydrogen-bond donors (Lipinski definition) is 0. The SMILES string of the molecule is COC(=O)C(C)=CCn1nc2cnccn2c1=O. The Morgan fingerprint density at radius 3 is 3.00 bits per heavy atom. The lowest BCUT2D eigenvalue weighted by molar-refractivity contribution is -0.136. The minimum absolute atomic E-state index is 0.210. The standard InChI is InChI=1S/C11H12N4O3/c1-8(10(16)18-2)3-5-15-11(17)14-6-4-12-7-9(14)13-15/h3-4,6-7H,5H2,1-2H3. The van der Waals surface area contributed by atoms with E-state index in [1.807, 2.05) is 0 Å². The highest BCUT2D eigenvalue weighted by atomic mass is 16.5. The third-order valence-electron chi connectivity index (χ3n) is 2.47. The smallest absolute Gasteiger partial charge is 0.350 e. The van der Waals surface area contributed by atoms with Gasteiger partial charge in [0, 0.05) is 18.0 Å². The van der Waals surface area contributed by atoms with Crippen LogP contribution in [-0.4, -0.2) is 32.2 Å². The lowest BCUT2D eigenvalue weighted by Crippen LogP contribution is -2.20. The molecule has 2 rings (SSSR count). The maximum Gasteiger partial charge on any atom is 0.350 e. The number of hydrogen-bond acceptors (Lipinski definition) is 5. The number of rotatable bonds is 3. The van der Waals surface area contributed by atoms with Gasteiger partial charge in [0.1, 0.15) is 0 Å². The molecule has 0 aromatic carbocycles. The number of aromatic nitrogens is 4. The number of nitrogens with zero attached hydrogens (tertiary/aromatic N) is 4. The highest BCUT2D eigenvalue weighted by molar-refractivity contribution is 5.87. The summed E-state index contributed by atoms with van der Waals surface area (Å²) in [5.74, 6) is -0.423. The van der Waals surface area contributed by atoms with Crippen LogP contribution in [0.25, 0.3) is 5.65 Å². The zero-order valence-electron chi connectivity index (χ0n) is 10.0. The van der Waals surface area contributed by atoms with E-state index in [0.29, 0.717) is 11.2 Å². The fourth-order valence-electron chi connectivity index (χ4n) is 1.47. The Labute approximate surface area is 102 Å². The quantitative estimate of drug-likeness (QED) is 0.564. The van der Waals surface area contributed by atoms with E-state index in [1.165, 1.54) is 34.8 Å². The van der Waals surface area contributed by atoms with Gasteiger partial charge in [0.2, 0.25) is 0 Å². The van der Waals surface area contributed by atoms with Crippen LogP contribution in [0.5, 0.6) is 0 Å². The van der Waals surface area contributed by atoms with E-state index in [2.05, 4.69) is 14.8 Å². The molecule has 0 saturated heterocycles. The number of carbonyl (C=O) groups excluding carboxylic acids is 1. The van der Waals surface area contributed by atoms with Gasteiger partial charge in [-0.2, -0.15) is 0 Å². The summed E-state index contributed by atoms with van der Waals surface area (Å²) < 4.78 is 7.20. The van der Waals surface area contributed by atoms with Crippen LogP contribution in [-0.2, 0) is 16.1 Å². The van der Waals surface area contributed by atoms with Gasteiger partial charge in [-0.15, -0.1) is 5.10 Å². The Bertz CT molecular complexity index is 668. The van der Waals surface area contributed by atoms with Gasteiger partial charge >= 0.3 is 11.7 Å². The summed E-state index contributed by atoms with van der Waals surface area (Å²) in [6, 6.07) is 0. The van der Waals surface area contributed by atoms with E-state index < -0.39 is 5.97 Å². The highest BCUT2D eigenvalue weighted by Crippen LogP contribution is 1.97. The van der Waals surface area contributed by atoms with E-state index in [1.54, 1.807) is 13.0 Å². The van der Waals surface area contributed by atoms with Crippen molar-refractivity contribution < 1.29 is 9.53 Å². The normalized spacial score (nSPS) is 11.8. The molecule has 2 heterocycles. The van der Waals surface area contributed by atoms with Crippen molar-refractivity contribution in [1.82, 2.24) is 19.2 Å². The van der Waals surface area contributed by atoms with E-state index >= 15 is 0 Å². The van der Waals surface area contributed by atoms with Gasteiger partial charge in [0.25, 0.3) is 0 Å². The van der Waals surface area contributed by atoms with Crippen LogP contribution >= 0.6 is 0 Å². The van der Waals surface area contributed by atoms with Crippen molar-refractivity contribution in [2.45, 2.75) is 13.5 Å². The van der Waals surface area contributed by atoms with Crippen molar-refractivity contribution >= 4 is 11.6 Å². The molecule has 0 bridgehead atoms. The number of methoxy groups -OCH3 is 1. The lowest BCUT2D eigenvalue weighted by Gasteiger charge is -1.98. The second-order valence-electron chi connectivity index (χ2n) is 3.65. The number of carbonyl (C=O) groups is 1. The van der Waals surface area contributed by atoms with Crippen LogP contribution < -0.4 is 5.69 Å². The summed E-state index contributed by atoms with van der Waals surface area (Å²) in [4.78, 5) is 26.9. The molecule has 0 atom stereocenters. The van der Waals surface area contributed by atoms with Crippen molar-refractivity contribution in [3.05, 3.63) is 40.7 Å². The van der Waals surface area contributed by atoms with Crippen molar-refractivity contribution in [1.29, 1.82) is 0 Å². The minimum Gasteiger partial charge on any atom is -0.466 e. The van der Waals surface area contributed by atoms with Gasteiger partial charge in [-0.05, 0) is 6.92 Å². The van der Waals surface area contributed by atoms with Gasteiger partial charge in [0.15, 0.2) is 5.65 Å². The molecule has 0 aliphatic rings. The number of ether oxygens (including phenoxy) is 1. The Kier molecular flexibility index (Phi) is 3.22. The fraction of sp³-hybridized carbons (Fsp3) is 0.273. The van der Waals surface area contributed by atoms with Gasteiger partial charge in [-0.25, -0.2) is 18.7 Å². The Balaban J connectivity index is 2.31. The highest BCUT2D eigenvalue weighted by Gasteiger charge is 2.06. The molecule has 0 saturated carbocycles. The van der Waals surface area contributed by atoms with Gasteiger partial charge in [-0.3, -0.25) is 4.98 Å². The first-order valence-electron chi connectivity index (χ1n) is 5.27. The molecule has 2 aromatic heterocycles. The Morgan fingerprint density at radius 1 is 1.56 bits per heavy atom. The third kappa shape index (κ3) is 2.15. The topological polar surface area (TPSA) is 78.5 Å². The maximum atomic E-state index is 11.9. The molecule has 0 unspecified atom stereocenters. The summed E-state index contributed by atoms with van der Waals surface area (Å²) in [5.41, 5.74) is 0.618. The summed E-state index contributed by atoms with van der Waals surface area (Å²) in [7, 11) is 1.31. The average molecular weight is 248 g/mol. The Morgan fingerprint density at radius 2 is 2.33 bits per heavy atom. The monoisotopic (exact) mass is 248 g/mol. The molecule has 0 N–H and O–H groups in total. The molecule has 0 amide bonds. The molecule has 18 heavy (non-hydrogen) atoms. The summed E-state index contributed by atoms with van der Waals surface area (Å²) in [6.45, 7) is 1.83. The van der Waals surface area contributed by atoms with Crippen LogP contribution in [0, 0.1) is 0 Å². The number of fused-ring (bicyclic) bond motifs is 1. The van der Waals surface area contributed by atoms with Crippen molar-refractivity contribution in [2.75, 3.05) is 7.11 Å². The molecular weight excluding hydrogens is 236 g/mol. The van der Waals surface area contributed by atoms with E-state index in [-0.39, 0.29) is 12.2 Å². The van der Waals surface area contributed by atoms with Crippen LogP contribution in [0.15, 0.2) is 35.0 Å². The maximum absolute atomic E-state index is 11.9. The van der Waals surface area contributed by atoms with E-state index in [0.717, 1.165) is 0 Å². The summed E-state index contributed by atoms with van der Waals surface area (Å²) in [6.07, 6.45) is 6.13. The molecule has 0 radical (unpaired) electrons. The van der Waals surface area contributed by atoms with Crippen LogP contribution in [0.4, 0.5) is 0 Å². The summed E-state index contributed by atoms with van der Waals surface area (Å²) >= 11 is 0. The molecule has 7 heteroatoms. The molecule has 0 aliphatic carbocycles. The number of allylic oxidation sites excluding steroid dienone is 1. The molecule has 0 fully saturated rings. The largest absolute Gasteiger partial charge is 0.466 e. The first-order valence-corrected chi connectivity index (χ1v) is 5.27. The van der Waals surface area contributed by atoms with Crippen molar-refractivity contribution in [3.8, 4) is 0 Å². The van der Waals surface area contributed by atoms with Crippen molar-refractivity contribution in [2.24, 2.45) is 0 Å². The molecule has 0 spiro atoms. The third-order valence-corrected chi connectivity index (χ3v) is 2.47. The van der Waals surface area contributed by atoms with Crippen LogP contribution in [0.3, 0.4) is 0 Å². The van der Waals surface area contributed by atoms with Gasteiger partial charge in [-0.1, -0.05) is 6.08 Å². The minimum atomic E-state index is -0.423. The first-order chi connectivity index (χ1) is 8.63. The van der Waals surface area contributed by atoms with Gasteiger partial charge in [0.05, 0.1) is 19.9 Å². The zero-order valence-corrected chi connectivity index (χ0v) is 10.0. The number of esters is 1. The zero-order chi connectivity index (χ0) is 13.1. The fourth-order valence-corrected chi connectivity index (χ4v) is 1.47. The summed E-state index contributed by atoms with van der Waals surface area (Å²) in [5, 5.41) is 4.08. The molecular formula is C11H12N4O3. The van der Waals surface area contributed by atoms with Crippen molar-refractivity contribution in [3.63, 3.8) is 0 Å². The molecule has 2 aromatic rings. The van der Waals surface area contributed by atoms with Gasteiger partial charge < -0.3 is 4.74 Å². The molecule has 7 nitrogen and oxygen atoms in total.